The van der Waals surface area contributed by atoms with Crippen molar-refractivity contribution in [3.8, 4) is 0 Å². The van der Waals surface area contributed by atoms with Gasteiger partial charge in [0.05, 0.1) is 25.2 Å². The van der Waals surface area contributed by atoms with Gasteiger partial charge < -0.3 is 18.7 Å². The minimum absolute atomic E-state index is 0.0774. The van der Waals surface area contributed by atoms with Crippen molar-refractivity contribution in [3.05, 3.63) is 71.8 Å². The summed E-state index contributed by atoms with van der Waals surface area (Å²) in [5.74, 6) is -0.751. The van der Waals surface area contributed by atoms with Crippen LogP contribution in [0.15, 0.2) is 60.7 Å². The van der Waals surface area contributed by atoms with Crippen LogP contribution in [-0.4, -0.2) is 54.0 Å². The van der Waals surface area contributed by atoms with Gasteiger partial charge in [0, 0.05) is 51.4 Å². The molecule has 0 amide bonds. The van der Waals surface area contributed by atoms with E-state index in [0.29, 0.717) is 23.2 Å². The average Bonchev–Trinajstić information content (AvgIpc) is 3.63. The molecule has 6 rings (SSSR count). The summed E-state index contributed by atoms with van der Waals surface area (Å²) in [6.07, 6.45) is 7.78. The van der Waals surface area contributed by atoms with Crippen molar-refractivity contribution in [1.82, 2.24) is 0 Å². The maximum Gasteiger partial charge on any atom is 0.348 e. The van der Waals surface area contributed by atoms with Gasteiger partial charge in [0.1, 0.15) is 6.10 Å². The molecule has 1 saturated carbocycles. The molecule has 0 N–H and O–H groups in total. The van der Waals surface area contributed by atoms with E-state index in [0.717, 1.165) is 25.7 Å². The van der Waals surface area contributed by atoms with Crippen LogP contribution in [-0.2, 0) is 29.4 Å². The van der Waals surface area contributed by atoms with Gasteiger partial charge in [-0.25, -0.2) is 4.79 Å². The molecule has 6 heteroatoms. The van der Waals surface area contributed by atoms with E-state index in [2.05, 4.69) is 0 Å². The van der Waals surface area contributed by atoms with E-state index in [1.807, 2.05) is 60.7 Å². The highest BCUT2D eigenvalue weighted by molar-refractivity contribution is 5.86. The fraction of sp³-hybridized carbons (Fsp3) is 0.548. The summed E-state index contributed by atoms with van der Waals surface area (Å²) in [7, 11) is 0. The lowest BCUT2D eigenvalue weighted by Gasteiger charge is -2.47. The molecule has 1 spiro atoms. The molecule has 3 aliphatic heterocycles. The van der Waals surface area contributed by atoms with E-state index >= 15 is 0 Å². The Morgan fingerprint density at radius 1 is 0.838 bits per heavy atom. The number of hydrogen-bond acceptors (Lipinski definition) is 5. The lowest BCUT2D eigenvalue weighted by atomic mass is 9.85. The Morgan fingerprint density at radius 3 is 1.86 bits per heavy atom. The third-order valence-electron chi connectivity index (χ3n) is 9.26. The zero-order chi connectivity index (χ0) is 25.5. The van der Waals surface area contributed by atoms with E-state index in [1.165, 1.54) is 50.2 Å². The van der Waals surface area contributed by atoms with Crippen molar-refractivity contribution in [3.63, 3.8) is 0 Å². The predicted molar refractivity (Wildman–Crippen MR) is 138 cm³/mol. The second-order valence-electron chi connectivity index (χ2n) is 11.5. The standard InChI is InChI=1S/C31H38NO5/c1-22(33)35-29(23-14-15-23)37-31(24-10-4-2-5-11-24,25-12-6-3-7-13-25)30(34)36-28-20-26-16-17-27(21-28)32(26)18-8-9-19-32/h2-7,10-13,23,26-29H,8-9,14-21H2,1H3/q+1. The van der Waals surface area contributed by atoms with Gasteiger partial charge in [-0.3, -0.25) is 4.79 Å². The summed E-state index contributed by atoms with van der Waals surface area (Å²) in [6, 6.07) is 20.3. The lowest BCUT2D eigenvalue weighted by Crippen LogP contribution is -2.60. The Balaban J connectivity index is 1.35. The third-order valence-corrected chi connectivity index (χ3v) is 9.26. The van der Waals surface area contributed by atoms with Crippen LogP contribution in [0.3, 0.4) is 0 Å². The summed E-state index contributed by atoms with van der Waals surface area (Å²) >= 11 is 0. The number of carbonyl (C=O) groups is 2. The number of quaternary nitrogens is 1. The van der Waals surface area contributed by atoms with Crippen LogP contribution in [0.4, 0.5) is 0 Å². The van der Waals surface area contributed by atoms with Gasteiger partial charge in [0.2, 0.25) is 11.9 Å². The molecule has 2 aromatic rings. The van der Waals surface area contributed by atoms with Crippen LogP contribution in [0.2, 0.25) is 0 Å². The van der Waals surface area contributed by atoms with Gasteiger partial charge in [0.25, 0.3) is 0 Å². The zero-order valence-corrected chi connectivity index (χ0v) is 21.7. The van der Waals surface area contributed by atoms with E-state index in [-0.39, 0.29) is 12.0 Å². The molecule has 37 heavy (non-hydrogen) atoms. The minimum atomic E-state index is -1.53. The van der Waals surface area contributed by atoms with Gasteiger partial charge in [-0.1, -0.05) is 60.7 Å². The van der Waals surface area contributed by atoms with Gasteiger partial charge in [-0.05, 0) is 24.0 Å². The topological polar surface area (TPSA) is 61.8 Å². The molecule has 6 nitrogen and oxygen atoms in total. The number of nitrogens with zero attached hydrogens (tertiary/aromatic N) is 1. The molecule has 0 aromatic heterocycles. The summed E-state index contributed by atoms with van der Waals surface area (Å²) in [5, 5.41) is 0. The number of benzene rings is 2. The Labute approximate surface area is 219 Å². The molecule has 4 aliphatic rings. The van der Waals surface area contributed by atoms with Crippen molar-refractivity contribution in [2.24, 2.45) is 5.92 Å². The first kappa shape index (κ1) is 24.6. The highest BCUT2D eigenvalue weighted by Crippen LogP contribution is 2.48. The molecule has 3 unspecified atom stereocenters. The molecule has 4 fully saturated rings. The average molecular weight is 505 g/mol. The fourth-order valence-electron chi connectivity index (χ4n) is 7.40. The first-order chi connectivity index (χ1) is 18.0. The van der Waals surface area contributed by atoms with E-state index in [4.69, 9.17) is 14.2 Å². The van der Waals surface area contributed by atoms with Crippen LogP contribution in [0, 0.1) is 5.92 Å². The van der Waals surface area contributed by atoms with Gasteiger partial charge in [0.15, 0.2) is 0 Å². The van der Waals surface area contributed by atoms with Crippen molar-refractivity contribution >= 4 is 11.9 Å². The van der Waals surface area contributed by atoms with Crippen LogP contribution < -0.4 is 0 Å². The Bertz CT molecular complexity index is 1050. The number of hydrogen-bond donors (Lipinski definition) is 0. The second kappa shape index (κ2) is 9.88. The Kier molecular flexibility index (Phi) is 6.58. The molecule has 3 saturated heterocycles. The fourth-order valence-corrected chi connectivity index (χ4v) is 7.40. The summed E-state index contributed by atoms with van der Waals surface area (Å²) in [6.45, 7) is 3.95. The van der Waals surface area contributed by atoms with Crippen molar-refractivity contribution < 1.29 is 28.3 Å². The van der Waals surface area contributed by atoms with Gasteiger partial charge >= 0.3 is 11.9 Å². The number of esters is 2. The van der Waals surface area contributed by atoms with Crippen LogP contribution >= 0.6 is 0 Å². The van der Waals surface area contributed by atoms with Crippen LogP contribution in [0.5, 0.6) is 0 Å². The lowest BCUT2D eigenvalue weighted by molar-refractivity contribution is -0.956. The number of rotatable bonds is 8. The van der Waals surface area contributed by atoms with E-state index in [1.54, 1.807) is 0 Å². The number of ether oxygens (including phenoxy) is 3. The third kappa shape index (κ3) is 4.48. The Morgan fingerprint density at radius 2 is 1.38 bits per heavy atom. The SMILES string of the molecule is CC(=O)OC(OC(C(=O)OC1CC2CCC(C1)[N+]21CCCC1)(c1ccccc1)c1ccccc1)C1CC1. The number of piperidine rings is 1. The molecule has 3 heterocycles. The normalized spacial score (nSPS) is 27.1. The largest absolute Gasteiger partial charge is 0.459 e. The molecule has 0 radical (unpaired) electrons. The molecular formula is C31H38NO5+. The predicted octanol–water partition coefficient (Wildman–Crippen LogP) is 5.09. The maximum atomic E-state index is 14.5. The minimum Gasteiger partial charge on any atom is -0.459 e. The second-order valence-corrected chi connectivity index (χ2v) is 11.5. The summed E-state index contributed by atoms with van der Waals surface area (Å²) in [5.41, 5.74) is -0.154. The first-order valence-corrected chi connectivity index (χ1v) is 14.0. The van der Waals surface area contributed by atoms with Crippen molar-refractivity contribution in [2.45, 2.75) is 88.4 Å². The summed E-state index contributed by atoms with van der Waals surface area (Å²) in [4.78, 5) is 26.5. The van der Waals surface area contributed by atoms with Crippen LogP contribution in [0.25, 0.3) is 0 Å². The monoisotopic (exact) mass is 504 g/mol. The molecule has 1 aliphatic carbocycles. The first-order valence-electron chi connectivity index (χ1n) is 14.0. The molecular weight excluding hydrogens is 466 g/mol. The highest BCUT2D eigenvalue weighted by Gasteiger charge is 2.57. The van der Waals surface area contributed by atoms with Crippen molar-refractivity contribution in [2.75, 3.05) is 13.1 Å². The molecule has 2 bridgehead atoms. The summed E-state index contributed by atoms with van der Waals surface area (Å²) < 4.78 is 20.0. The van der Waals surface area contributed by atoms with Gasteiger partial charge in [-0.2, -0.15) is 0 Å². The Hall–Kier alpha value is -2.70. The smallest absolute Gasteiger partial charge is 0.348 e. The molecule has 196 valence electrons. The van der Waals surface area contributed by atoms with E-state index in [9.17, 15) is 9.59 Å². The quantitative estimate of drug-likeness (QED) is 0.285. The molecule has 2 aromatic carbocycles. The zero-order valence-electron chi connectivity index (χ0n) is 21.7. The molecule has 3 atom stereocenters. The van der Waals surface area contributed by atoms with E-state index < -0.39 is 23.8 Å². The maximum absolute atomic E-state index is 14.5. The van der Waals surface area contributed by atoms with Gasteiger partial charge in [-0.15, -0.1) is 0 Å². The van der Waals surface area contributed by atoms with Crippen LogP contribution in [0.1, 0.15) is 69.4 Å². The van der Waals surface area contributed by atoms with Crippen molar-refractivity contribution in [1.29, 1.82) is 0 Å². The number of carbonyl (C=O) groups excluding carboxylic acids is 2. The highest BCUT2D eigenvalue weighted by atomic mass is 16.7.